The number of H-pyrrole nitrogens is 1. The third-order valence-electron chi connectivity index (χ3n) is 5.00. The Kier molecular flexibility index (Phi) is 4.09. The second-order valence-corrected chi connectivity index (χ2v) is 7.29. The van der Waals surface area contributed by atoms with Crippen molar-refractivity contribution < 1.29 is 4.74 Å². The van der Waals surface area contributed by atoms with Crippen LogP contribution < -0.4 is 10.2 Å². The molecule has 5 rings (SSSR count). The van der Waals surface area contributed by atoms with Gasteiger partial charge in [0.05, 0.1) is 23.2 Å². The third kappa shape index (κ3) is 3.03. The summed E-state index contributed by atoms with van der Waals surface area (Å²) >= 11 is 0. The number of rotatable bonds is 3. The molecule has 2 N–H and O–H groups in total. The van der Waals surface area contributed by atoms with Crippen molar-refractivity contribution in [3.05, 3.63) is 48.5 Å². The molecule has 0 radical (unpaired) electrons. The molecule has 3 heterocycles. The zero-order chi connectivity index (χ0) is 19.1. The topological polar surface area (TPSA) is 79.0 Å². The van der Waals surface area contributed by atoms with Crippen molar-refractivity contribution in [3.8, 4) is 0 Å². The van der Waals surface area contributed by atoms with E-state index in [-0.39, 0.29) is 12.2 Å². The van der Waals surface area contributed by atoms with Crippen LogP contribution in [0.3, 0.4) is 0 Å². The molecule has 2 unspecified atom stereocenters. The maximum Gasteiger partial charge on any atom is 0.228 e. The summed E-state index contributed by atoms with van der Waals surface area (Å²) in [5.41, 5.74) is 1.89. The molecule has 0 aliphatic carbocycles. The van der Waals surface area contributed by atoms with E-state index in [0.29, 0.717) is 5.95 Å². The first-order valence-electron chi connectivity index (χ1n) is 9.55. The van der Waals surface area contributed by atoms with E-state index in [0.717, 1.165) is 46.5 Å². The number of aromatic amines is 1. The molecule has 1 aliphatic rings. The van der Waals surface area contributed by atoms with Crippen LogP contribution in [0.5, 0.6) is 0 Å². The van der Waals surface area contributed by atoms with Gasteiger partial charge in [-0.3, -0.25) is 5.10 Å². The van der Waals surface area contributed by atoms with Crippen molar-refractivity contribution in [3.63, 3.8) is 0 Å². The van der Waals surface area contributed by atoms with Crippen LogP contribution in [0.2, 0.25) is 0 Å². The van der Waals surface area contributed by atoms with Gasteiger partial charge in [-0.05, 0) is 38.1 Å². The maximum atomic E-state index is 5.86. The molecule has 2 aromatic heterocycles. The van der Waals surface area contributed by atoms with Gasteiger partial charge in [-0.1, -0.05) is 24.3 Å². The standard InChI is InChI=1S/C21H22N6O/c1-13-11-27(12-14(2)28-13)21-22-17-9-5-3-7-15(17)19(24-21)23-20-16-8-4-6-10-18(16)25-26-20/h3-10,13-14H,11-12H2,1-2H3,(H2,22,23,24,25,26). The largest absolute Gasteiger partial charge is 0.372 e. The number of aromatic nitrogens is 4. The summed E-state index contributed by atoms with van der Waals surface area (Å²) in [5, 5.41) is 12.9. The third-order valence-corrected chi connectivity index (χ3v) is 5.00. The molecule has 0 bridgehead atoms. The highest BCUT2D eigenvalue weighted by atomic mass is 16.5. The number of morpholine rings is 1. The van der Waals surface area contributed by atoms with Crippen molar-refractivity contribution in [2.45, 2.75) is 26.1 Å². The molecular formula is C21H22N6O. The Bertz CT molecular complexity index is 1130. The Hall–Kier alpha value is -3.19. The molecule has 142 valence electrons. The minimum absolute atomic E-state index is 0.144. The fourth-order valence-electron chi connectivity index (χ4n) is 3.81. The zero-order valence-corrected chi connectivity index (χ0v) is 15.9. The molecule has 0 amide bonds. The second kappa shape index (κ2) is 6.76. The van der Waals surface area contributed by atoms with Crippen molar-refractivity contribution in [2.24, 2.45) is 0 Å². The first-order chi connectivity index (χ1) is 13.7. The molecular weight excluding hydrogens is 352 g/mol. The fraction of sp³-hybridized carbons (Fsp3) is 0.286. The Morgan fingerprint density at radius 3 is 2.46 bits per heavy atom. The second-order valence-electron chi connectivity index (χ2n) is 7.29. The van der Waals surface area contributed by atoms with Gasteiger partial charge in [-0.25, -0.2) is 4.98 Å². The molecule has 2 atom stereocenters. The predicted octanol–water partition coefficient (Wildman–Crippen LogP) is 3.86. The van der Waals surface area contributed by atoms with Gasteiger partial charge < -0.3 is 15.0 Å². The number of anilines is 3. The number of nitrogens with zero attached hydrogens (tertiary/aromatic N) is 4. The van der Waals surface area contributed by atoms with Crippen LogP contribution in [-0.4, -0.2) is 45.5 Å². The highest BCUT2D eigenvalue weighted by Gasteiger charge is 2.25. The smallest absolute Gasteiger partial charge is 0.228 e. The van der Waals surface area contributed by atoms with Gasteiger partial charge in [-0.2, -0.15) is 10.1 Å². The summed E-state index contributed by atoms with van der Waals surface area (Å²) in [7, 11) is 0. The summed E-state index contributed by atoms with van der Waals surface area (Å²) in [6.07, 6.45) is 0.288. The van der Waals surface area contributed by atoms with Gasteiger partial charge in [-0.15, -0.1) is 0 Å². The van der Waals surface area contributed by atoms with Crippen LogP contribution in [0, 0.1) is 0 Å². The van der Waals surface area contributed by atoms with E-state index in [1.54, 1.807) is 0 Å². The Balaban J connectivity index is 1.59. The number of ether oxygens (including phenoxy) is 1. The molecule has 7 heteroatoms. The molecule has 28 heavy (non-hydrogen) atoms. The lowest BCUT2D eigenvalue weighted by Gasteiger charge is -2.35. The van der Waals surface area contributed by atoms with Crippen molar-refractivity contribution >= 4 is 39.4 Å². The molecule has 0 spiro atoms. The van der Waals surface area contributed by atoms with Gasteiger partial charge in [0.1, 0.15) is 5.82 Å². The fourth-order valence-corrected chi connectivity index (χ4v) is 3.81. The van der Waals surface area contributed by atoms with E-state index in [9.17, 15) is 0 Å². The van der Waals surface area contributed by atoms with Crippen molar-refractivity contribution in [1.29, 1.82) is 0 Å². The average Bonchev–Trinajstić information content (AvgIpc) is 3.10. The van der Waals surface area contributed by atoms with E-state index in [1.165, 1.54) is 0 Å². The van der Waals surface area contributed by atoms with Gasteiger partial charge in [0.15, 0.2) is 5.82 Å². The van der Waals surface area contributed by atoms with E-state index >= 15 is 0 Å². The summed E-state index contributed by atoms with van der Waals surface area (Å²) in [5.74, 6) is 2.22. The van der Waals surface area contributed by atoms with Crippen LogP contribution in [0.25, 0.3) is 21.8 Å². The molecule has 1 fully saturated rings. The molecule has 4 aromatic rings. The first kappa shape index (κ1) is 16.9. The molecule has 7 nitrogen and oxygen atoms in total. The van der Waals surface area contributed by atoms with Gasteiger partial charge >= 0.3 is 0 Å². The van der Waals surface area contributed by atoms with Crippen molar-refractivity contribution in [1.82, 2.24) is 20.2 Å². The zero-order valence-electron chi connectivity index (χ0n) is 15.9. The van der Waals surface area contributed by atoms with Crippen molar-refractivity contribution in [2.75, 3.05) is 23.3 Å². The Morgan fingerprint density at radius 1 is 0.929 bits per heavy atom. The quantitative estimate of drug-likeness (QED) is 0.567. The predicted molar refractivity (Wildman–Crippen MR) is 111 cm³/mol. The number of para-hydroxylation sites is 2. The summed E-state index contributed by atoms with van der Waals surface area (Å²) < 4.78 is 5.86. The summed E-state index contributed by atoms with van der Waals surface area (Å²) in [4.78, 5) is 11.9. The van der Waals surface area contributed by atoms with Gasteiger partial charge in [0.2, 0.25) is 5.95 Å². The number of nitrogens with one attached hydrogen (secondary N) is 2. The lowest BCUT2D eigenvalue weighted by atomic mass is 10.2. The van der Waals surface area contributed by atoms with Gasteiger partial charge in [0.25, 0.3) is 0 Å². The van der Waals surface area contributed by atoms with Crippen LogP contribution in [0.1, 0.15) is 13.8 Å². The molecule has 0 saturated carbocycles. The number of hydrogen-bond acceptors (Lipinski definition) is 6. The van der Waals surface area contributed by atoms with E-state index in [4.69, 9.17) is 14.7 Å². The van der Waals surface area contributed by atoms with E-state index in [1.807, 2.05) is 48.5 Å². The van der Waals surface area contributed by atoms with Crippen LogP contribution >= 0.6 is 0 Å². The monoisotopic (exact) mass is 374 g/mol. The summed E-state index contributed by atoms with van der Waals surface area (Å²) in [6.45, 7) is 5.71. The van der Waals surface area contributed by atoms with Crippen LogP contribution in [0.15, 0.2) is 48.5 Å². The highest BCUT2D eigenvalue weighted by Crippen LogP contribution is 2.29. The molecule has 1 saturated heterocycles. The highest BCUT2D eigenvalue weighted by molar-refractivity contribution is 5.96. The lowest BCUT2D eigenvalue weighted by molar-refractivity contribution is -0.00569. The summed E-state index contributed by atoms with van der Waals surface area (Å²) in [6, 6.07) is 16.1. The van der Waals surface area contributed by atoms with E-state index in [2.05, 4.69) is 34.3 Å². The van der Waals surface area contributed by atoms with E-state index < -0.39 is 0 Å². The molecule has 1 aliphatic heterocycles. The van der Waals surface area contributed by atoms with Crippen LogP contribution in [-0.2, 0) is 4.74 Å². The number of benzene rings is 2. The maximum absolute atomic E-state index is 5.86. The average molecular weight is 374 g/mol. The minimum Gasteiger partial charge on any atom is -0.372 e. The normalized spacial score (nSPS) is 20.0. The SMILES string of the molecule is CC1CN(c2nc(Nc3n[nH]c4ccccc34)c3ccccc3n2)CC(C)O1. The molecule has 2 aromatic carbocycles. The number of hydrogen-bond donors (Lipinski definition) is 2. The first-order valence-corrected chi connectivity index (χ1v) is 9.55. The van der Waals surface area contributed by atoms with Gasteiger partial charge in [0, 0.05) is 23.9 Å². The Labute approximate surface area is 162 Å². The Morgan fingerprint density at radius 2 is 1.64 bits per heavy atom. The van der Waals surface area contributed by atoms with Crippen LogP contribution in [0.4, 0.5) is 17.6 Å². The lowest BCUT2D eigenvalue weighted by Crippen LogP contribution is -2.46. The number of fused-ring (bicyclic) bond motifs is 2. The minimum atomic E-state index is 0.144.